The van der Waals surface area contributed by atoms with E-state index in [0.717, 1.165) is 30.4 Å². The molecule has 0 saturated carbocycles. The molecule has 0 amide bonds. The van der Waals surface area contributed by atoms with Crippen molar-refractivity contribution >= 4 is 33.2 Å². The van der Waals surface area contributed by atoms with Crippen molar-refractivity contribution in [3.05, 3.63) is 42.7 Å². The molecule has 1 saturated heterocycles. The first-order chi connectivity index (χ1) is 11.6. The third-order valence-electron chi connectivity index (χ3n) is 3.77. The monoisotopic (exact) mass is 364 g/mol. The first-order valence-corrected chi connectivity index (χ1v) is 10.6. The van der Waals surface area contributed by atoms with Crippen LogP contribution in [0.4, 0.5) is 11.6 Å². The summed E-state index contributed by atoms with van der Waals surface area (Å²) in [6, 6.07) is 10.4. The van der Waals surface area contributed by atoms with Gasteiger partial charge in [0.05, 0.1) is 10.6 Å². The molecule has 0 unspecified atom stereocenters. The molecule has 0 radical (unpaired) electrons. The van der Waals surface area contributed by atoms with Crippen molar-refractivity contribution in [3.63, 3.8) is 0 Å². The highest BCUT2D eigenvalue weighted by Crippen LogP contribution is 2.19. The number of anilines is 2. The molecule has 1 aromatic heterocycles. The predicted molar refractivity (Wildman–Crippen MR) is 98.6 cm³/mol. The third kappa shape index (κ3) is 4.39. The lowest BCUT2D eigenvalue weighted by molar-refractivity contribution is 0.596. The Hall–Kier alpha value is -1.80. The standard InChI is InChI=1S/C16H20N4O2S2/c21-24(22,14-4-2-1-3-5-14)11-6-17-15-12-16(19-13-18-15)20-7-9-23-10-8-20/h1-5,12-13H,6-11H2,(H,17,18,19). The van der Waals surface area contributed by atoms with Crippen molar-refractivity contribution in [1.29, 1.82) is 0 Å². The van der Waals surface area contributed by atoms with Crippen molar-refractivity contribution < 1.29 is 8.42 Å². The van der Waals surface area contributed by atoms with Crippen LogP contribution in [0.2, 0.25) is 0 Å². The molecule has 1 aromatic carbocycles. The first-order valence-electron chi connectivity index (χ1n) is 7.81. The molecule has 3 rings (SSSR count). The van der Waals surface area contributed by atoms with Crippen LogP contribution in [0.5, 0.6) is 0 Å². The predicted octanol–water partition coefficient (Wildman–Crippen LogP) is 1.92. The van der Waals surface area contributed by atoms with Crippen molar-refractivity contribution in [2.24, 2.45) is 0 Å². The maximum Gasteiger partial charge on any atom is 0.180 e. The summed E-state index contributed by atoms with van der Waals surface area (Å²) in [4.78, 5) is 11.1. The van der Waals surface area contributed by atoms with Gasteiger partial charge in [-0.1, -0.05) is 18.2 Å². The van der Waals surface area contributed by atoms with Crippen LogP contribution in [0.3, 0.4) is 0 Å². The van der Waals surface area contributed by atoms with E-state index in [2.05, 4.69) is 20.2 Å². The molecule has 1 N–H and O–H groups in total. The van der Waals surface area contributed by atoms with Crippen LogP contribution < -0.4 is 10.2 Å². The Kier molecular flexibility index (Phi) is 5.57. The maximum absolute atomic E-state index is 12.3. The SMILES string of the molecule is O=S(=O)(CCNc1cc(N2CCSCC2)ncn1)c1ccccc1. The molecule has 1 fully saturated rings. The Morgan fingerprint density at radius 2 is 1.88 bits per heavy atom. The number of benzene rings is 1. The van der Waals surface area contributed by atoms with Gasteiger partial charge in [-0.3, -0.25) is 0 Å². The van der Waals surface area contributed by atoms with E-state index in [4.69, 9.17) is 0 Å². The van der Waals surface area contributed by atoms with Crippen LogP contribution >= 0.6 is 11.8 Å². The van der Waals surface area contributed by atoms with Gasteiger partial charge in [0.2, 0.25) is 0 Å². The Balaban J connectivity index is 1.59. The van der Waals surface area contributed by atoms with E-state index in [1.165, 1.54) is 6.33 Å². The van der Waals surface area contributed by atoms with Gasteiger partial charge in [0.1, 0.15) is 18.0 Å². The Bertz CT molecular complexity index is 763. The van der Waals surface area contributed by atoms with Crippen molar-refractivity contribution in [2.75, 3.05) is 47.1 Å². The zero-order valence-electron chi connectivity index (χ0n) is 13.3. The summed E-state index contributed by atoms with van der Waals surface area (Å²) >= 11 is 1.94. The minimum Gasteiger partial charge on any atom is -0.369 e. The lowest BCUT2D eigenvalue weighted by Gasteiger charge is -2.27. The van der Waals surface area contributed by atoms with Gasteiger partial charge in [-0.25, -0.2) is 18.4 Å². The van der Waals surface area contributed by atoms with Crippen molar-refractivity contribution in [2.45, 2.75) is 4.90 Å². The lowest BCUT2D eigenvalue weighted by Crippen LogP contribution is -2.33. The van der Waals surface area contributed by atoms with Gasteiger partial charge in [-0.15, -0.1) is 0 Å². The maximum atomic E-state index is 12.3. The molecule has 1 aliphatic heterocycles. The fraction of sp³-hybridized carbons (Fsp3) is 0.375. The highest BCUT2D eigenvalue weighted by atomic mass is 32.2. The largest absolute Gasteiger partial charge is 0.369 e. The second-order valence-electron chi connectivity index (χ2n) is 5.42. The Morgan fingerprint density at radius 3 is 2.62 bits per heavy atom. The van der Waals surface area contributed by atoms with Crippen LogP contribution in [0.15, 0.2) is 47.6 Å². The average molecular weight is 364 g/mol. The van der Waals surface area contributed by atoms with E-state index in [9.17, 15) is 8.42 Å². The number of aromatic nitrogens is 2. The molecular formula is C16H20N4O2S2. The zero-order chi connectivity index (χ0) is 16.8. The van der Waals surface area contributed by atoms with Crippen LogP contribution in [0, 0.1) is 0 Å². The molecule has 128 valence electrons. The smallest absolute Gasteiger partial charge is 0.180 e. The number of nitrogens with zero attached hydrogens (tertiary/aromatic N) is 3. The molecule has 0 atom stereocenters. The van der Waals surface area contributed by atoms with Gasteiger partial charge in [0.25, 0.3) is 0 Å². The first kappa shape index (κ1) is 17.0. The highest BCUT2D eigenvalue weighted by molar-refractivity contribution is 7.99. The number of hydrogen-bond acceptors (Lipinski definition) is 7. The molecule has 0 spiro atoms. The fourth-order valence-electron chi connectivity index (χ4n) is 2.47. The molecule has 2 heterocycles. The van der Waals surface area contributed by atoms with E-state index < -0.39 is 9.84 Å². The van der Waals surface area contributed by atoms with E-state index in [1.54, 1.807) is 30.3 Å². The second kappa shape index (κ2) is 7.85. The molecule has 8 heteroatoms. The topological polar surface area (TPSA) is 75.2 Å². The van der Waals surface area contributed by atoms with Crippen LogP contribution in [0.1, 0.15) is 0 Å². The summed E-state index contributed by atoms with van der Waals surface area (Å²) in [7, 11) is -3.28. The van der Waals surface area contributed by atoms with Gasteiger partial charge >= 0.3 is 0 Å². The second-order valence-corrected chi connectivity index (χ2v) is 8.75. The highest BCUT2D eigenvalue weighted by Gasteiger charge is 2.15. The number of hydrogen-bond donors (Lipinski definition) is 1. The molecule has 0 aliphatic carbocycles. The van der Waals surface area contributed by atoms with Crippen LogP contribution in [-0.2, 0) is 9.84 Å². The van der Waals surface area contributed by atoms with E-state index in [0.29, 0.717) is 17.3 Å². The summed E-state index contributed by atoms with van der Waals surface area (Å²) in [5.74, 6) is 3.76. The minimum atomic E-state index is -3.28. The van der Waals surface area contributed by atoms with Gasteiger partial charge in [0, 0.05) is 37.2 Å². The molecule has 0 bridgehead atoms. The number of sulfone groups is 1. The van der Waals surface area contributed by atoms with Gasteiger partial charge in [0.15, 0.2) is 9.84 Å². The quantitative estimate of drug-likeness (QED) is 0.839. The molecule has 24 heavy (non-hydrogen) atoms. The molecule has 2 aromatic rings. The number of thioether (sulfide) groups is 1. The summed E-state index contributed by atoms with van der Waals surface area (Å²) in [6.45, 7) is 2.26. The van der Waals surface area contributed by atoms with E-state index in [-0.39, 0.29) is 5.75 Å². The van der Waals surface area contributed by atoms with Gasteiger partial charge < -0.3 is 10.2 Å². The summed E-state index contributed by atoms with van der Waals surface area (Å²) in [5.41, 5.74) is 0. The summed E-state index contributed by atoms with van der Waals surface area (Å²) in [5, 5.41) is 3.09. The average Bonchev–Trinajstić information content (AvgIpc) is 2.63. The third-order valence-corrected chi connectivity index (χ3v) is 6.44. The molecule has 6 nitrogen and oxygen atoms in total. The van der Waals surface area contributed by atoms with Crippen molar-refractivity contribution in [3.8, 4) is 0 Å². The Labute approximate surface area is 146 Å². The number of rotatable bonds is 6. The summed E-state index contributed by atoms with van der Waals surface area (Å²) < 4.78 is 24.5. The van der Waals surface area contributed by atoms with Gasteiger partial charge in [-0.2, -0.15) is 11.8 Å². The number of nitrogens with one attached hydrogen (secondary N) is 1. The van der Waals surface area contributed by atoms with Crippen molar-refractivity contribution in [1.82, 2.24) is 9.97 Å². The minimum absolute atomic E-state index is 0.0245. The lowest BCUT2D eigenvalue weighted by atomic mass is 10.4. The summed E-state index contributed by atoms with van der Waals surface area (Å²) in [6.07, 6.45) is 1.52. The Morgan fingerprint density at radius 1 is 1.12 bits per heavy atom. The molecular weight excluding hydrogens is 344 g/mol. The van der Waals surface area contributed by atoms with Crippen LogP contribution in [-0.4, -0.2) is 55.3 Å². The van der Waals surface area contributed by atoms with E-state index in [1.807, 2.05) is 17.8 Å². The van der Waals surface area contributed by atoms with Crippen LogP contribution in [0.25, 0.3) is 0 Å². The zero-order valence-corrected chi connectivity index (χ0v) is 14.9. The normalized spacial score (nSPS) is 15.2. The molecule has 1 aliphatic rings. The fourth-order valence-corrected chi connectivity index (χ4v) is 4.55. The van der Waals surface area contributed by atoms with E-state index >= 15 is 0 Å². The van der Waals surface area contributed by atoms with Gasteiger partial charge in [-0.05, 0) is 12.1 Å².